The average Bonchev–Trinajstić information content (AvgIpc) is 2.84. The van der Waals surface area contributed by atoms with Gasteiger partial charge in [-0.25, -0.2) is 13.1 Å². The van der Waals surface area contributed by atoms with Crippen LogP contribution in [0.15, 0.2) is 28.3 Å². The maximum Gasteiger partial charge on any atom is 0.240 e. The zero-order valence-corrected chi connectivity index (χ0v) is 12.2. The molecule has 1 aliphatic carbocycles. The number of hydrogen-bond acceptors (Lipinski definition) is 4. The molecule has 0 bridgehead atoms. The summed E-state index contributed by atoms with van der Waals surface area (Å²) in [6, 6.07) is 4.80. The van der Waals surface area contributed by atoms with E-state index in [0.717, 1.165) is 24.8 Å². The molecule has 4 N–H and O–H groups in total. The fourth-order valence-electron chi connectivity index (χ4n) is 2.44. The summed E-state index contributed by atoms with van der Waals surface area (Å²) in [5.74, 6) is -0.00541. The van der Waals surface area contributed by atoms with Crippen LogP contribution < -0.4 is 10.5 Å². The van der Waals surface area contributed by atoms with Gasteiger partial charge in [-0.05, 0) is 49.4 Å². The summed E-state index contributed by atoms with van der Waals surface area (Å²) in [5.41, 5.74) is 7.71. The van der Waals surface area contributed by atoms with E-state index in [1.54, 1.807) is 19.1 Å². The third-order valence-electron chi connectivity index (χ3n) is 3.38. The molecule has 110 valence electrons. The number of fused-ring (bicyclic) bond motifs is 1. The summed E-state index contributed by atoms with van der Waals surface area (Å²) in [6.07, 6.45) is 3.17. The lowest BCUT2D eigenvalue weighted by atomic mass is 10.1. The second-order valence-corrected chi connectivity index (χ2v) is 6.82. The van der Waals surface area contributed by atoms with E-state index >= 15 is 0 Å². The molecule has 7 heteroatoms. The molecule has 0 radical (unpaired) electrons. The third kappa shape index (κ3) is 3.29. The fourth-order valence-corrected chi connectivity index (χ4v) is 3.74. The van der Waals surface area contributed by atoms with Gasteiger partial charge in [-0.2, -0.15) is 0 Å². The van der Waals surface area contributed by atoms with Crippen molar-refractivity contribution in [2.45, 2.75) is 43.5 Å². The molecule has 0 aromatic heterocycles. The van der Waals surface area contributed by atoms with Gasteiger partial charge in [0.05, 0.1) is 4.90 Å². The summed E-state index contributed by atoms with van der Waals surface area (Å²) in [4.78, 5) is 0.268. The van der Waals surface area contributed by atoms with Crippen molar-refractivity contribution in [2.24, 2.45) is 10.9 Å². The molecule has 0 saturated heterocycles. The minimum absolute atomic E-state index is 0.00541. The van der Waals surface area contributed by atoms with Gasteiger partial charge >= 0.3 is 0 Å². The zero-order chi connectivity index (χ0) is 14.8. The second kappa shape index (κ2) is 5.80. The van der Waals surface area contributed by atoms with Crippen LogP contribution in [0.2, 0.25) is 0 Å². The molecular formula is C13H19N3O3S. The van der Waals surface area contributed by atoms with Crippen molar-refractivity contribution >= 4 is 15.9 Å². The summed E-state index contributed by atoms with van der Waals surface area (Å²) >= 11 is 0. The van der Waals surface area contributed by atoms with Crippen LogP contribution in [0.5, 0.6) is 0 Å². The van der Waals surface area contributed by atoms with Crippen molar-refractivity contribution in [3.05, 3.63) is 29.3 Å². The number of oxime groups is 1. The smallest absolute Gasteiger partial charge is 0.240 e. The molecule has 2 rings (SSSR count). The molecule has 1 aromatic carbocycles. The predicted molar refractivity (Wildman–Crippen MR) is 76.3 cm³/mol. The Kier molecular flexibility index (Phi) is 4.29. The largest absolute Gasteiger partial charge is 0.409 e. The van der Waals surface area contributed by atoms with Crippen molar-refractivity contribution in [3.63, 3.8) is 0 Å². The highest BCUT2D eigenvalue weighted by molar-refractivity contribution is 7.89. The highest BCUT2D eigenvalue weighted by Gasteiger charge is 2.20. The van der Waals surface area contributed by atoms with E-state index in [9.17, 15) is 8.42 Å². The molecule has 1 aromatic rings. The second-order valence-electron chi connectivity index (χ2n) is 5.10. The maximum atomic E-state index is 12.3. The summed E-state index contributed by atoms with van der Waals surface area (Å²) in [7, 11) is -3.58. The normalized spacial score (nSPS) is 16.9. The molecule has 0 saturated carbocycles. The van der Waals surface area contributed by atoms with Gasteiger partial charge < -0.3 is 10.9 Å². The average molecular weight is 297 g/mol. The SMILES string of the molecule is CC(CC(N)=NO)NS(=O)(=O)c1ccc2c(c1)CCC2. The van der Waals surface area contributed by atoms with E-state index < -0.39 is 16.1 Å². The highest BCUT2D eigenvalue weighted by Crippen LogP contribution is 2.24. The molecule has 0 spiro atoms. The van der Waals surface area contributed by atoms with Crippen molar-refractivity contribution in [3.8, 4) is 0 Å². The number of nitrogens with two attached hydrogens (primary N) is 1. The molecular weight excluding hydrogens is 278 g/mol. The van der Waals surface area contributed by atoms with Gasteiger partial charge in [-0.3, -0.25) is 0 Å². The van der Waals surface area contributed by atoms with Gasteiger partial charge in [0.2, 0.25) is 10.0 Å². The van der Waals surface area contributed by atoms with E-state index in [-0.39, 0.29) is 17.2 Å². The molecule has 6 nitrogen and oxygen atoms in total. The van der Waals surface area contributed by atoms with Crippen molar-refractivity contribution in [2.75, 3.05) is 0 Å². The minimum Gasteiger partial charge on any atom is -0.409 e. The Morgan fingerprint density at radius 1 is 1.45 bits per heavy atom. The van der Waals surface area contributed by atoms with E-state index in [1.807, 2.05) is 6.07 Å². The minimum atomic E-state index is -3.58. The van der Waals surface area contributed by atoms with E-state index in [1.165, 1.54) is 5.56 Å². The Bertz CT molecular complexity index is 626. The molecule has 1 aliphatic rings. The van der Waals surface area contributed by atoms with Crippen molar-refractivity contribution in [1.82, 2.24) is 4.72 Å². The summed E-state index contributed by atoms with van der Waals surface area (Å²) in [5, 5.41) is 11.3. The van der Waals surface area contributed by atoms with Crippen LogP contribution >= 0.6 is 0 Å². The van der Waals surface area contributed by atoms with Gasteiger partial charge in [0, 0.05) is 12.5 Å². The lowest BCUT2D eigenvalue weighted by Crippen LogP contribution is -2.35. The fraction of sp³-hybridized carbons (Fsp3) is 0.462. The quantitative estimate of drug-likeness (QED) is 0.326. The highest BCUT2D eigenvalue weighted by atomic mass is 32.2. The first-order chi connectivity index (χ1) is 9.42. The molecule has 1 atom stereocenters. The van der Waals surface area contributed by atoms with Crippen LogP contribution in [-0.4, -0.2) is 25.5 Å². The van der Waals surface area contributed by atoms with Crippen LogP contribution in [0.3, 0.4) is 0 Å². The monoisotopic (exact) mass is 297 g/mol. The number of nitrogens with zero attached hydrogens (tertiary/aromatic N) is 1. The Balaban J connectivity index is 2.14. The Hall–Kier alpha value is -1.60. The predicted octanol–water partition coefficient (Wildman–Crippen LogP) is 0.979. The molecule has 0 aliphatic heterocycles. The topological polar surface area (TPSA) is 105 Å². The zero-order valence-electron chi connectivity index (χ0n) is 11.3. The van der Waals surface area contributed by atoms with Crippen LogP contribution in [0.4, 0.5) is 0 Å². The Morgan fingerprint density at radius 3 is 2.85 bits per heavy atom. The van der Waals surface area contributed by atoms with Crippen LogP contribution in [0.25, 0.3) is 0 Å². The molecule has 20 heavy (non-hydrogen) atoms. The maximum absolute atomic E-state index is 12.3. The van der Waals surface area contributed by atoms with Crippen LogP contribution in [-0.2, 0) is 22.9 Å². The summed E-state index contributed by atoms with van der Waals surface area (Å²) < 4.78 is 27.0. The van der Waals surface area contributed by atoms with Gasteiger partial charge in [-0.15, -0.1) is 0 Å². The lowest BCUT2D eigenvalue weighted by molar-refractivity contribution is 0.316. The molecule has 0 heterocycles. The third-order valence-corrected chi connectivity index (χ3v) is 4.97. The van der Waals surface area contributed by atoms with Crippen LogP contribution in [0.1, 0.15) is 30.9 Å². The number of amidine groups is 1. The Labute approximate surface area is 118 Å². The van der Waals surface area contributed by atoms with E-state index in [0.29, 0.717) is 0 Å². The van der Waals surface area contributed by atoms with Gasteiger partial charge in [0.1, 0.15) is 5.84 Å². The first kappa shape index (κ1) is 14.8. The summed E-state index contributed by atoms with van der Waals surface area (Å²) in [6.45, 7) is 1.67. The van der Waals surface area contributed by atoms with Crippen molar-refractivity contribution < 1.29 is 13.6 Å². The van der Waals surface area contributed by atoms with E-state index in [2.05, 4.69) is 9.88 Å². The standard InChI is InChI=1S/C13H19N3O3S/c1-9(7-13(14)15-17)16-20(18,19)12-6-5-10-3-2-4-11(10)8-12/h5-6,8-9,16-17H,2-4,7H2,1H3,(H2,14,15). The number of aryl methyl sites for hydroxylation is 2. The molecule has 0 fully saturated rings. The number of rotatable bonds is 5. The van der Waals surface area contributed by atoms with Crippen molar-refractivity contribution in [1.29, 1.82) is 0 Å². The number of nitrogens with one attached hydrogen (secondary N) is 1. The molecule has 0 amide bonds. The Morgan fingerprint density at radius 2 is 2.15 bits per heavy atom. The molecule has 1 unspecified atom stereocenters. The van der Waals surface area contributed by atoms with Crippen LogP contribution in [0, 0.1) is 0 Å². The first-order valence-electron chi connectivity index (χ1n) is 6.53. The van der Waals surface area contributed by atoms with Gasteiger partial charge in [-0.1, -0.05) is 11.2 Å². The number of benzene rings is 1. The number of hydrogen-bond donors (Lipinski definition) is 3. The van der Waals surface area contributed by atoms with Gasteiger partial charge in [0.25, 0.3) is 0 Å². The lowest BCUT2D eigenvalue weighted by Gasteiger charge is -2.14. The first-order valence-corrected chi connectivity index (χ1v) is 8.01. The van der Waals surface area contributed by atoms with Gasteiger partial charge in [0.15, 0.2) is 0 Å². The van der Waals surface area contributed by atoms with E-state index in [4.69, 9.17) is 10.9 Å². The number of sulfonamides is 1.